The first-order chi connectivity index (χ1) is 13.6. The van der Waals surface area contributed by atoms with Crippen molar-refractivity contribution in [3.63, 3.8) is 0 Å². The highest BCUT2D eigenvalue weighted by molar-refractivity contribution is 5.91. The SMILES string of the molecule is COc1ccccc1-c1cc2c(cn1)CCc1c-2nn(CCCN)c1C(=O)O. The van der Waals surface area contributed by atoms with Gasteiger partial charge in [-0.2, -0.15) is 5.10 Å². The summed E-state index contributed by atoms with van der Waals surface area (Å²) in [6.45, 7) is 0.979. The lowest BCUT2D eigenvalue weighted by molar-refractivity contribution is 0.0681. The summed E-state index contributed by atoms with van der Waals surface area (Å²) >= 11 is 0. The second-order valence-electron chi connectivity index (χ2n) is 6.77. The van der Waals surface area contributed by atoms with E-state index in [1.165, 1.54) is 0 Å². The molecule has 0 bridgehead atoms. The number of carbonyl (C=O) groups is 1. The number of benzene rings is 1. The lowest BCUT2D eigenvalue weighted by atomic mass is 9.89. The zero-order chi connectivity index (χ0) is 19.7. The molecule has 0 radical (unpaired) electrons. The van der Waals surface area contributed by atoms with Crippen LogP contribution >= 0.6 is 0 Å². The molecule has 7 heteroatoms. The van der Waals surface area contributed by atoms with Gasteiger partial charge in [0.15, 0.2) is 0 Å². The molecule has 1 aliphatic carbocycles. The maximum absolute atomic E-state index is 11.9. The van der Waals surface area contributed by atoms with Crippen molar-refractivity contribution in [1.82, 2.24) is 14.8 Å². The largest absolute Gasteiger partial charge is 0.496 e. The van der Waals surface area contributed by atoms with Gasteiger partial charge in [-0.3, -0.25) is 9.67 Å². The van der Waals surface area contributed by atoms with Crippen LogP contribution in [0.15, 0.2) is 36.5 Å². The number of ether oxygens (including phenoxy) is 1. The third kappa shape index (κ3) is 3.03. The van der Waals surface area contributed by atoms with E-state index in [-0.39, 0.29) is 5.69 Å². The normalized spacial score (nSPS) is 12.4. The summed E-state index contributed by atoms with van der Waals surface area (Å²) in [5.41, 5.74) is 11.1. The molecule has 3 aromatic rings. The summed E-state index contributed by atoms with van der Waals surface area (Å²) in [6.07, 6.45) is 3.92. The zero-order valence-corrected chi connectivity index (χ0v) is 15.7. The average Bonchev–Trinajstić information content (AvgIpc) is 3.11. The molecule has 7 nitrogen and oxygen atoms in total. The minimum atomic E-state index is -0.951. The fourth-order valence-electron chi connectivity index (χ4n) is 3.76. The van der Waals surface area contributed by atoms with Crippen LogP contribution in [0.4, 0.5) is 0 Å². The van der Waals surface area contributed by atoms with E-state index in [1.54, 1.807) is 11.8 Å². The number of carboxylic acids is 1. The van der Waals surface area contributed by atoms with Crippen LogP contribution in [0.5, 0.6) is 5.75 Å². The number of aromatic nitrogens is 3. The zero-order valence-electron chi connectivity index (χ0n) is 15.7. The van der Waals surface area contributed by atoms with E-state index in [1.807, 2.05) is 36.5 Å². The number of carboxylic acid groups (broad SMARTS) is 1. The topological polar surface area (TPSA) is 103 Å². The number of aromatic carboxylic acids is 1. The summed E-state index contributed by atoms with van der Waals surface area (Å²) in [4.78, 5) is 16.5. The van der Waals surface area contributed by atoms with E-state index < -0.39 is 5.97 Å². The fraction of sp³-hybridized carbons (Fsp3) is 0.286. The molecule has 28 heavy (non-hydrogen) atoms. The quantitative estimate of drug-likeness (QED) is 0.684. The molecule has 0 unspecified atom stereocenters. The van der Waals surface area contributed by atoms with E-state index in [0.717, 1.165) is 45.8 Å². The molecular weight excluding hydrogens is 356 g/mol. The molecule has 144 valence electrons. The van der Waals surface area contributed by atoms with Crippen LogP contribution in [-0.4, -0.2) is 39.5 Å². The second-order valence-corrected chi connectivity index (χ2v) is 6.77. The molecular formula is C21H22N4O3. The van der Waals surface area contributed by atoms with Crippen LogP contribution in [0.2, 0.25) is 0 Å². The van der Waals surface area contributed by atoms with Gasteiger partial charge in [0.1, 0.15) is 11.4 Å². The summed E-state index contributed by atoms with van der Waals surface area (Å²) in [5, 5.41) is 14.4. The maximum atomic E-state index is 11.9. The van der Waals surface area contributed by atoms with E-state index >= 15 is 0 Å². The lowest BCUT2D eigenvalue weighted by Crippen LogP contribution is -2.14. The molecule has 1 aliphatic rings. The molecule has 4 rings (SSSR count). The summed E-state index contributed by atoms with van der Waals surface area (Å²) in [7, 11) is 1.63. The molecule has 0 saturated carbocycles. The van der Waals surface area contributed by atoms with Crippen LogP contribution in [-0.2, 0) is 19.4 Å². The first-order valence-corrected chi connectivity index (χ1v) is 9.29. The molecule has 0 aliphatic heterocycles. The van der Waals surface area contributed by atoms with Crippen molar-refractivity contribution in [1.29, 1.82) is 0 Å². The van der Waals surface area contributed by atoms with Gasteiger partial charge in [0.05, 0.1) is 18.5 Å². The molecule has 0 fully saturated rings. The number of pyridine rings is 1. The minimum absolute atomic E-state index is 0.268. The summed E-state index contributed by atoms with van der Waals surface area (Å²) in [5.74, 6) is -0.209. The molecule has 1 aromatic carbocycles. The standard InChI is InChI=1S/C21H22N4O3/c1-28-18-6-3-2-5-14(18)17-11-16-13(12-23-17)7-8-15-19(16)24-25(10-4-9-22)20(15)21(26)27/h2-3,5-6,11-12H,4,7-10,22H2,1H3,(H,26,27). The Bertz CT molecular complexity index is 1040. The Morgan fingerprint density at radius 3 is 2.86 bits per heavy atom. The number of nitrogens with zero attached hydrogens (tertiary/aromatic N) is 3. The van der Waals surface area contributed by atoms with Gasteiger partial charge < -0.3 is 15.6 Å². The first-order valence-electron chi connectivity index (χ1n) is 9.29. The Hall–Kier alpha value is -3.19. The van der Waals surface area contributed by atoms with Crippen LogP contribution in [0.3, 0.4) is 0 Å². The monoisotopic (exact) mass is 378 g/mol. The predicted octanol–water partition coefficient (Wildman–Crippen LogP) is 2.77. The first kappa shape index (κ1) is 18.2. The van der Waals surface area contributed by atoms with Crippen LogP contribution < -0.4 is 10.5 Å². The molecule has 0 saturated heterocycles. The average molecular weight is 378 g/mol. The minimum Gasteiger partial charge on any atom is -0.496 e. The molecule has 3 N–H and O–H groups in total. The van der Waals surface area contributed by atoms with Crippen LogP contribution in [0.25, 0.3) is 22.5 Å². The molecule has 2 heterocycles. The summed E-state index contributed by atoms with van der Waals surface area (Å²) in [6, 6.07) is 9.69. The third-order valence-electron chi connectivity index (χ3n) is 5.10. The van der Waals surface area contributed by atoms with Gasteiger partial charge in [-0.1, -0.05) is 12.1 Å². The molecule has 0 spiro atoms. The maximum Gasteiger partial charge on any atom is 0.354 e. The Kier molecular flexibility index (Phi) is 4.83. The highest BCUT2D eigenvalue weighted by Gasteiger charge is 2.28. The highest BCUT2D eigenvalue weighted by Crippen LogP contribution is 2.38. The number of para-hydroxylation sites is 1. The van der Waals surface area contributed by atoms with E-state index in [9.17, 15) is 9.90 Å². The van der Waals surface area contributed by atoms with Crippen LogP contribution in [0, 0.1) is 0 Å². The molecule has 2 aromatic heterocycles. The number of aryl methyl sites for hydroxylation is 2. The van der Waals surface area contributed by atoms with E-state index in [4.69, 9.17) is 10.5 Å². The number of methoxy groups -OCH3 is 1. The van der Waals surface area contributed by atoms with Crippen LogP contribution in [0.1, 0.15) is 28.0 Å². The number of nitrogens with two attached hydrogens (primary N) is 1. The summed E-state index contributed by atoms with van der Waals surface area (Å²) < 4.78 is 7.04. The number of hydrogen-bond acceptors (Lipinski definition) is 5. The number of fused-ring (bicyclic) bond motifs is 3. The number of hydrogen-bond donors (Lipinski definition) is 2. The Morgan fingerprint density at radius 2 is 2.11 bits per heavy atom. The van der Waals surface area contributed by atoms with Gasteiger partial charge in [-0.15, -0.1) is 0 Å². The second kappa shape index (κ2) is 7.44. The van der Waals surface area contributed by atoms with Gasteiger partial charge in [-0.05, 0) is 49.6 Å². The van der Waals surface area contributed by atoms with Gasteiger partial charge >= 0.3 is 5.97 Å². The van der Waals surface area contributed by atoms with Crippen molar-refractivity contribution >= 4 is 5.97 Å². The highest BCUT2D eigenvalue weighted by atomic mass is 16.5. The Balaban J connectivity index is 1.85. The van der Waals surface area contributed by atoms with Crippen molar-refractivity contribution in [3.05, 3.63) is 53.3 Å². The fourth-order valence-corrected chi connectivity index (χ4v) is 3.76. The van der Waals surface area contributed by atoms with Gasteiger partial charge in [0.25, 0.3) is 0 Å². The Labute approximate surface area is 162 Å². The van der Waals surface area contributed by atoms with Crippen molar-refractivity contribution < 1.29 is 14.6 Å². The van der Waals surface area contributed by atoms with E-state index in [2.05, 4.69) is 10.1 Å². The van der Waals surface area contributed by atoms with Crippen molar-refractivity contribution in [3.8, 4) is 28.3 Å². The van der Waals surface area contributed by atoms with Crippen molar-refractivity contribution in [2.24, 2.45) is 5.73 Å². The van der Waals surface area contributed by atoms with Crippen molar-refractivity contribution in [2.45, 2.75) is 25.8 Å². The van der Waals surface area contributed by atoms with Gasteiger partial charge in [-0.25, -0.2) is 4.79 Å². The number of rotatable bonds is 6. The van der Waals surface area contributed by atoms with Crippen molar-refractivity contribution in [2.75, 3.05) is 13.7 Å². The lowest BCUT2D eigenvalue weighted by Gasteiger charge is -2.17. The molecule has 0 amide bonds. The van der Waals surface area contributed by atoms with E-state index in [0.29, 0.717) is 25.9 Å². The smallest absolute Gasteiger partial charge is 0.354 e. The molecule has 0 atom stereocenters. The van der Waals surface area contributed by atoms with Gasteiger partial charge in [0.2, 0.25) is 0 Å². The van der Waals surface area contributed by atoms with Gasteiger partial charge in [0, 0.05) is 29.4 Å². The predicted molar refractivity (Wildman–Crippen MR) is 105 cm³/mol. The third-order valence-corrected chi connectivity index (χ3v) is 5.10. The Morgan fingerprint density at radius 1 is 1.29 bits per heavy atom.